The lowest BCUT2D eigenvalue weighted by molar-refractivity contribution is -0.141. The normalized spacial score (nSPS) is 21.6. The molecule has 0 aliphatic carbocycles. The predicted molar refractivity (Wildman–Crippen MR) is 170 cm³/mol. The average Bonchev–Trinajstić information content (AvgIpc) is 3.43. The van der Waals surface area contributed by atoms with Crippen molar-refractivity contribution in [2.24, 2.45) is 5.92 Å². The van der Waals surface area contributed by atoms with Gasteiger partial charge in [0.1, 0.15) is 23.0 Å². The van der Waals surface area contributed by atoms with Gasteiger partial charge in [0.05, 0.1) is 12.0 Å². The van der Waals surface area contributed by atoms with Gasteiger partial charge in [0.2, 0.25) is 5.91 Å². The summed E-state index contributed by atoms with van der Waals surface area (Å²) in [6, 6.07) is 17.3. The molecule has 3 aromatic rings. The van der Waals surface area contributed by atoms with E-state index >= 15 is 4.39 Å². The van der Waals surface area contributed by atoms with Crippen molar-refractivity contribution in [2.75, 3.05) is 32.7 Å². The molecule has 0 unspecified atom stereocenters. The molecule has 9 heteroatoms. The van der Waals surface area contributed by atoms with Crippen molar-refractivity contribution in [3.63, 3.8) is 0 Å². The van der Waals surface area contributed by atoms with Gasteiger partial charge in [-0.3, -0.25) is 14.5 Å². The third-order valence-electron chi connectivity index (χ3n) is 9.07. The summed E-state index contributed by atoms with van der Waals surface area (Å²) in [5.74, 6) is -2.91. The second-order valence-electron chi connectivity index (χ2n) is 13.4. The molecule has 5 rings (SSSR count). The van der Waals surface area contributed by atoms with E-state index in [-0.39, 0.29) is 42.4 Å². The van der Waals surface area contributed by atoms with E-state index in [4.69, 9.17) is 4.74 Å². The molecular weight excluding hydrogens is 576 g/mol. The van der Waals surface area contributed by atoms with E-state index in [1.54, 1.807) is 27.7 Å². The molecule has 2 aliphatic rings. The molecule has 0 bridgehead atoms. The first-order chi connectivity index (χ1) is 21.3. The van der Waals surface area contributed by atoms with Gasteiger partial charge < -0.3 is 14.5 Å². The number of carbonyl (C=O) groups is 3. The van der Waals surface area contributed by atoms with Crippen molar-refractivity contribution in [3.05, 3.63) is 83.4 Å². The van der Waals surface area contributed by atoms with Crippen LogP contribution in [0, 0.1) is 17.6 Å². The number of nitrogens with zero attached hydrogens (tertiary/aromatic N) is 3. The van der Waals surface area contributed by atoms with E-state index < -0.39 is 35.2 Å². The summed E-state index contributed by atoms with van der Waals surface area (Å²) >= 11 is 0. The average molecular weight is 620 g/mol. The molecule has 0 spiro atoms. The van der Waals surface area contributed by atoms with Crippen LogP contribution in [0.15, 0.2) is 60.7 Å². The zero-order chi connectivity index (χ0) is 32.5. The Hall–Kier alpha value is -3.85. The van der Waals surface area contributed by atoms with Crippen LogP contribution in [0.5, 0.6) is 0 Å². The van der Waals surface area contributed by atoms with Crippen molar-refractivity contribution in [2.45, 2.75) is 71.1 Å². The molecule has 2 amide bonds. The molecule has 4 atom stereocenters. The lowest BCUT2D eigenvalue weighted by Gasteiger charge is -2.45. The van der Waals surface area contributed by atoms with Gasteiger partial charge in [0.25, 0.3) is 0 Å². The molecule has 3 aromatic carbocycles. The maximum absolute atomic E-state index is 15.1. The molecule has 0 saturated carbocycles. The minimum atomic E-state index is -0.737. The fraction of sp³-hybridized carbons (Fsp3) is 0.472. The number of hydrogen-bond donors (Lipinski definition) is 0. The van der Waals surface area contributed by atoms with Gasteiger partial charge in [-0.25, -0.2) is 13.6 Å². The topological polar surface area (TPSA) is 70.2 Å². The fourth-order valence-electron chi connectivity index (χ4n) is 6.78. The highest BCUT2D eigenvalue weighted by molar-refractivity contribution is 5.85. The Morgan fingerprint density at radius 3 is 2.33 bits per heavy atom. The molecule has 240 valence electrons. The minimum Gasteiger partial charge on any atom is -0.444 e. The van der Waals surface area contributed by atoms with E-state index in [2.05, 4.69) is 35.2 Å². The third-order valence-corrected chi connectivity index (χ3v) is 9.07. The highest BCUT2D eigenvalue weighted by Gasteiger charge is 2.46. The Balaban J connectivity index is 1.35. The Morgan fingerprint density at radius 2 is 1.67 bits per heavy atom. The summed E-state index contributed by atoms with van der Waals surface area (Å²) in [6.07, 6.45) is 0.672. The van der Waals surface area contributed by atoms with Crippen molar-refractivity contribution in [3.8, 4) is 0 Å². The number of piperazine rings is 1. The number of ether oxygens (including phenoxy) is 1. The summed E-state index contributed by atoms with van der Waals surface area (Å²) in [5.41, 5.74) is 0.553. The molecule has 2 aliphatic heterocycles. The molecular formula is C36H43F2N3O4. The first-order valence-corrected chi connectivity index (χ1v) is 15.8. The highest BCUT2D eigenvalue weighted by Crippen LogP contribution is 2.37. The Kier molecular flexibility index (Phi) is 9.58. The summed E-state index contributed by atoms with van der Waals surface area (Å²) < 4.78 is 34.4. The second-order valence-corrected chi connectivity index (χ2v) is 13.4. The van der Waals surface area contributed by atoms with Crippen LogP contribution in [-0.2, 0) is 20.7 Å². The summed E-state index contributed by atoms with van der Waals surface area (Å²) in [5, 5.41) is 2.28. The van der Waals surface area contributed by atoms with Gasteiger partial charge in [-0.2, -0.15) is 0 Å². The molecule has 7 nitrogen and oxygen atoms in total. The maximum atomic E-state index is 15.1. The molecule has 0 radical (unpaired) electrons. The van der Waals surface area contributed by atoms with Gasteiger partial charge in [-0.15, -0.1) is 0 Å². The SMILES string of the molecule is CC[C@H]1CN([C@@H](Cc2ccc3ccccc3c2)C(C)=O)CCN1C(=O)[C@@H]1CN(C(=O)OC(C)(C)C)C[C@H]1c1ccc(F)cc1F. The van der Waals surface area contributed by atoms with Crippen LogP contribution in [-0.4, -0.2) is 82.9 Å². The molecule has 45 heavy (non-hydrogen) atoms. The summed E-state index contributed by atoms with van der Waals surface area (Å²) in [4.78, 5) is 45.7. The number of hydrogen-bond acceptors (Lipinski definition) is 5. The van der Waals surface area contributed by atoms with Gasteiger partial charge >= 0.3 is 6.09 Å². The highest BCUT2D eigenvalue weighted by atomic mass is 19.1. The largest absolute Gasteiger partial charge is 0.444 e. The zero-order valence-electron chi connectivity index (χ0n) is 26.8. The second kappa shape index (κ2) is 13.3. The first-order valence-electron chi connectivity index (χ1n) is 15.8. The van der Waals surface area contributed by atoms with E-state index in [1.807, 2.05) is 24.0 Å². The van der Waals surface area contributed by atoms with E-state index in [0.29, 0.717) is 32.5 Å². The van der Waals surface area contributed by atoms with Crippen molar-refractivity contribution in [1.29, 1.82) is 0 Å². The summed E-state index contributed by atoms with van der Waals surface area (Å²) in [6.45, 7) is 10.5. The van der Waals surface area contributed by atoms with E-state index in [9.17, 15) is 18.8 Å². The number of likely N-dealkylation sites (tertiary alicyclic amines) is 1. The molecule has 0 aromatic heterocycles. The van der Waals surface area contributed by atoms with E-state index in [1.165, 1.54) is 17.0 Å². The van der Waals surface area contributed by atoms with E-state index in [0.717, 1.165) is 22.4 Å². The first kappa shape index (κ1) is 32.5. The van der Waals surface area contributed by atoms with Gasteiger partial charge in [0, 0.05) is 50.7 Å². The fourth-order valence-corrected chi connectivity index (χ4v) is 6.78. The van der Waals surface area contributed by atoms with Crippen LogP contribution in [0.2, 0.25) is 0 Å². The number of benzene rings is 3. The monoisotopic (exact) mass is 619 g/mol. The number of fused-ring (bicyclic) bond motifs is 1. The van der Waals surface area contributed by atoms with Gasteiger partial charge in [0.15, 0.2) is 0 Å². The molecule has 2 heterocycles. The number of Topliss-reactive ketones (excluding diaryl/α,β-unsaturated/α-hetero) is 1. The van der Waals surface area contributed by atoms with Gasteiger partial charge in [-0.05, 0) is 68.5 Å². The smallest absolute Gasteiger partial charge is 0.410 e. The van der Waals surface area contributed by atoms with Crippen molar-refractivity contribution < 1.29 is 27.9 Å². The maximum Gasteiger partial charge on any atom is 0.410 e. The molecule has 0 N–H and O–H groups in total. The lowest BCUT2D eigenvalue weighted by Crippen LogP contribution is -2.60. The van der Waals surface area contributed by atoms with Crippen molar-refractivity contribution >= 4 is 28.6 Å². The van der Waals surface area contributed by atoms with Crippen LogP contribution in [0.25, 0.3) is 10.8 Å². The Bertz CT molecular complexity index is 1570. The standard InChI is InChI=1S/C36H43F2N3O4/c1-6-28-20-39(33(23(2)42)18-24-11-12-25-9-7-8-10-26(25)17-24)15-16-41(28)34(43)31-22-40(35(44)45-36(3,4)5)21-30(31)29-14-13-27(37)19-32(29)38/h7-14,17,19,28,30-31,33H,6,15-16,18,20-22H2,1-5H3/t28-,30-,31+,33-/m0/s1. The molecule has 2 fully saturated rings. The minimum absolute atomic E-state index is 0.0733. The van der Waals surface area contributed by atoms with Gasteiger partial charge in [-0.1, -0.05) is 55.5 Å². The van der Waals surface area contributed by atoms with Crippen LogP contribution in [0.4, 0.5) is 13.6 Å². The zero-order valence-corrected chi connectivity index (χ0v) is 26.8. The van der Waals surface area contributed by atoms with Crippen LogP contribution in [0.3, 0.4) is 0 Å². The van der Waals surface area contributed by atoms with Crippen LogP contribution < -0.4 is 0 Å². The number of carbonyl (C=O) groups excluding carboxylic acids is 3. The Labute approximate surface area is 264 Å². The van der Waals surface area contributed by atoms with Crippen molar-refractivity contribution in [1.82, 2.24) is 14.7 Å². The third kappa shape index (κ3) is 7.35. The predicted octanol–water partition coefficient (Wildman–Crippen LogP) is 6.19. The number of halogens is 2. The van der Waals surface area contributed by atoms with Crippen LogP contribution in [0.1, 0.15) is 58.1 Å². The number of ketones is 1. The summed E-state index contributed by atoms with van der Waals surface area (Å²) in [7, 11) is 0. The van der Waals surface area contributed by atoms with Crippen LogP contribution >= 0.6 is 0 Å². The Morgan fingerprint density at radius 1 is 0.933 bits per heavy atom. The number of amides is 2. The molecule has 2 saturated heterocycles. The number of rotatable bonds is 7. The quantitative estimate of drug-likeness (QED) is 0.316. The lowest BCUT2D eigenvalue weighted by atomic mass is 9.86.